The number of nitrogens with one attached hydrogen (secondary N) is 2. The maximum absolute atomic E-state index is 12.9. The zero-order valence-corrected chi connectivity index (χ0v) is 14.6. The highest BCUT2D eigenvalue weighted by molar-refractivity contribution is 5.94. The molecule has 0 atom stereocenters. The number of rotatable bonds is 7. The van der Waals surface area contributed by atoms with E-state index in [4.69, 9.17) is 0 Å². The number of carbonyl (C=O) groups excluding carboxylic acids is 3. The molecule has 0 aliphatic rings. The lowest BCUT2D eigenvalue weighted by Gasteiger charge is -2.13. The predicted octanol–water partition coefficient (Wildman–Crippen LogP) is 3.61. The van der Waals surface area contributed by atoms with E-state index in [1.807, 2.05) is 0 Å². The third-order valence-electron chi connectivity index (χ3n) is 3.48. The zero-order valence-electron chi connectivity index (χ0n) is 14.6. The molecular weight excluding hydrogens is 377 g/mol. The molecule has 0 aliphatic heterocycles. The fraction of sp³-hybridized carbons (Fsp3) is 0.211. The molecule has 0 unspecified atom stereocenters. The molecule has 0 aliphatic carbocycles. The highest BCUT2D eigenvalue weighted by atomic mass is 19.4. The Balaban J connectivity index is 1.76. The average Bonchev–Trinajstić information content (AvgIpc) is 2.65. The number of alkyl halides is 3. The van der Waals surface area contributed by atoms with Crippen LogP contribution < -0.4 is 10.6 Å². The van der Waals surface area contributed by atoms with Gasteiger partial charge in [0.25, 0.3) is 5.91 Å². The summed E-state index contributed by atoms with van der Waals surface area (Å²) < 4.78 is 43.3. The van der Waals surface area contributed by atoms with Crippen LogP contribution in [-0.4, -0.2) is 24.4 Å². The van der Waals surface area contributed by atoms with Crippen molar-refractivity contribution in [3.05, 3.63) is 60.2 Å². The van der Waals surface area contributed by atoms with E-state index in [1.165, 1.54) is 12.1 Å². The van der Waals surface area contributed by atoms with Crippen LogP contribution in [-0.2, 0) is 25.3 Å². The van der Waals surface area contributed by atoms with Gasteiger partial charge in [0.05, 0.1) is 17.7 Å². The Bertz CT molecular complexity index is 839. The minimum absolute atomic E-state index is 0.160. The third-order valence-corrected chi connectivity index (χ3v) is 3.48. The Kier molecular flexibility index (Phi) is 7.14. The van der Waals surface area contributed by atoms with Gasteiger partial charge in [-0.05, 0) is 24.3 Å². The van der Waals surface area contributed by atoms with Gasteiger partial charge in [-0.15, -0.1) is 0 Å². The van der Waals surface area contributed by atoms with E-state index < -0.39 is 41.8 Å². The van der Waals surface area contributed by atoms with Gasteiger partial charge in [-0.2, -0.15) is 13.2 Å². The van der Waals surface area contributed by atoms with Crippen LogP contribution in [0.2, 0.25) is 0 Å². The van der Waals surface area contributed by atoms with Gasteiger partial charge < -0.3 is 15.4 Å². The molecule has 0 spiro atoms. The Labute approximate surface area is 158 Å². The largest absolute Gasteiger partial charge is 0.456 e. The summed E-state index contributed by atoms with van der Waals surface area (Å²) in [5.41, 5.74) is -0.867. The second kappa shape index (κ2) is 9.54. The fourth-order valence-corrected chi connectivity index (χ4v) is 2.20. The summed E-state index contributed by atoms with van der Waals surface area (Å²) in [6.07, 6.45) is -5.07. The molecule has 28 heavy (non-hydrogen) atoms. The van der Waals surface area contributed by atoms with Crippen LogP contribution >= 0.6 is 0 Å². The Morgan fingerprint density at radius 1 is 0.821 bits per heavy atom. The first-order chi connectivity index (χ1) is 13.3. The van der Waals surface area contributed by atoms with Gasteiger partial charge in [-0.25, -0.2) is 0 Å². The van der Waals surface area contributed by atoms with E-state index in [0.29, 0.717) is 5.69 Å². The monoisotopic (exact) mass is 394 g/mol. The molecule has 2 aromatic carbocycles. The minimum Gasteiger partial charge on any atom is -0.456 e. The van der Waals surface area contributed by atoms with Crippen molar-refractivity contribution in [1.82, 2.24) is 0 Å². The van der Waals surface area contributed by atoms with Gasteiger partial charge >= 0.3 is 12.1 Å². The molecule has 2 aromatic rings. The summed E-state index contributed by atoms with van der Waals surface area (Å²) in [5.74, 6) is -2.15. The molecular formula is C19H17F3N2O4. The van der Waals surface area contributed by atoms with Crippen molar-refractivity contribution < 1.29 is 32.3 Å². The SMILES string of the molecule is O=C(CCC(=O)OCC(=O)Nc1ccccc1C(F)(F)F)Nc1ccccc1. The van der Waals surface area contributed by atoms with Gasteiger partial charge in [-0.1, -0.05) is 30.3 Å². The number of amides is 2. The normalized spacial score (nSPS) is 10.8. The lowest BCUT2D eigenvalue weighted by molar-refractivity contribution is -0.148. The first kappa shape index (κ1) is 20.9. The lowest BCUT2D eigenvalue weighted by Crippen LogP contribution is -2.23. The fourth-order valence-electron chi connectivity index (χ4n) is 2.20. The Morgan fingerprint density at radius 2 is 1.46 bits per heavy atom. The summed E-state index contributed by atoms with van der Waals surface area (Å²) in [5, 5.41) is 4.64. The first-order valence-electron chi connectivity index (χ1n) is 8.22. The molecule has 9 heteroatoms. The molecule has 0 radical (unpaired) electrons. The van der Waals surface area contributed by atoms with Crippen molar-refractivity contribution in [2.45, 2.75) is 19.0 Å². The van der Waals surface area contributed by atoms with Crippen molar-refractivity contribution in [3.8, 4) is 0 Å². The number of hydrogen-bond donors (Lipinski definition) is 2. The summed E-state index contributed by atoms with van der Waals surface area (Å²) in [4.78, 5) is 35.1. The molecule has 148 valence electrons. The number of para-hydroxylation sites is 2. The van der Waals surface area contributed by atoms with E-state index in [9.17, 15) is 27.6 Å². The molecule has 0 bridgehead atoms. The maximum atomic E-state index is 12.9. The van der Waals surface area contributed by atoms with Crippen molar-refractivity contribution in [2.24, 2.45) is 0 Å². The average molecular weight is 394 g/mol. The molecule has 0 fully saturated rings. The summed E-state index contributed by atoms with van der Waals surface area (Å²) in [6.45, 7) is -0.759. The van der Waals surface area contributed by atoms with E-state index in [0.717, 1.165) is 12.1 Å². The lowest BCUT2D eigenvalue weighted by atomic mass is 10.1. The van der Waals surface area contributed by atoms with E-state index >= 15 is 0 Å². The standard InChI is InChI=1S/C19H17F3N2O4/c20-19(21,22)14-8-4-5-9-15(14)24-17(26)12-28-18(27)11-10-16(25)23-13-6-2-1-3-7-13/h1-9H,10-12H2,(H,23,25)(H,24,26). The first-order valence-corrected chi connectivity index (χ1v) is 8.22. The van der Waals surface area contributed by atoms with Crippen molar-refractivity contribution in [3.63, 3.8) is 0 Å². The molecule has 0 heterocycles. The molecule has 2 rings (SSSR count). The van der Waals surface area contributed by atoms with Gasteiger partial charge in [0.15, 0.2) is 6.61 Å². The van der Waals surface area contributed by atoms with Gasteiger partial charge in [-0.3, -0.25) is 14.4 Å². The number of esters is 1. The number of anilines is 2. The van der Waals surface area contributed by atoms with E-state index in [2.05, 4.69) is 15.4 Å². The molecule has 0 aromatic heterocycles. The molecule has 0 saturated carbocycles. The van der Waals surface area contributed by atoms with Crippen molar-refractivity contribution in [1.29, 1.82) is 0 Å². The van der Waals surface area contributed by atoms with Gasteiger partial charge in [0, 0.05) is 12.1 Å². The summed E-state index contributed by atoms with van der Waals surface area (Å²) in [7, 11) is 0. The molecule has 2 amide bonds. The van der Waals surface area contributed by atoms with Crippen molar-refractivity contribution >= 4 is 29.2 Å². The van der Waals surface area contributed by atoms with E-state index in [1.54, 1.807) is 30.3 Å². The quantitative estimate of drug-likeness (QED) is 0.703. The van der Waals surface area contributed by atoms with Crippen LogP contribution in [0.4, 0.5) is 24.5 Å². The number of carbonyl (C=O) groups is 3. The molecule has 2 N–H and O–H groups in total. The molecule has 0 saturated heterocycles. The number of halogens is 3. The Morgan fingerprint density at radius 3 is 2.14 bits per heavy atom. The van der Waals surface area contributed by atoms with Crippen LogP contribution in [0, 0.1) is 0 Å². The summed E-state index contributed by atoms with van der Waals surface area (Å²) in [6, 6.07) is 13.1. The number of benzene rings is 2. The molecule has 6 nitrogen and oxygen atoms in total. The van der Waals surface area contributed by atoms with Crippen LogP contribution in [0.1, 0.15) is 18.4 Å². The second-order valence-electron chi connectivity index (χ2n) is 5.67. The predicted molar refractivity (Wildman–Crippen MR) is 95.3 cm³/mol. The van der Waals surface area contributed by atoms with Crippen LogP contribution in [0.15, 0.2) is 54.6 Å². The van der Waals surface area contributed by atoms with Crippen molar-refractivity contribution in [2.75, 3.05) is 17.2 Å². The highest BCUT2D eigenvalue weighted by Crippen LogP contribution is 2.34. The Hall–Kier alpha value is -3.36. The number of ether oxygens (including phenoxy) is 1. The topological polar surface area (TPSA) is 84.5 Å². The van der Waals surface area contributed by atoms with Crippen LogP contribution in [0.5, 0.6) is 0 Å². The maximum Gasteiger partial charge on any atom is 0.418 e. The van der Waals surface area contributed by atoms with E-state index in [-0.39, 0.29) is 12.8 Å². The van der Waals surface area contributed by atoms with Crippen LogP contribution in [0.25, 0.3) is 0 Å². The van der Waals surface area contributed by atoms with Gasteiger partial charge in [0.1, 0.15) is 0 Å². The smallest absolute Gasteiger partial charge is 0.418 e. The van der Waals surface area contributed by atoms with Gasteiger partial charge in [0.2, 0.25) is 5.91 Å². The number of hydrogen-bond acceptors (Lipinski definition) is 4. The zero-order chi connectivity index (χ0) is 20.6. The summed E-state index contributed by atoms with van der Waals surface area (Å²) >= 11 is 0. The third kappa shape index (κ3) is 6.75. The second-order valence-corrected chi connectivity index (χ2v) is 5.67. The highest BCUT2D eigenvalue weighted by Gasteiger charge is 2.33. The van der Waals surface area contributed by atoms with Crippen LogP contribution in [0.3, 0.4) is 0 Å². The minimum atomic E-state index is -4.63.